The van der Waals surface area contributed by atoms with E-state index in [2.05, 4.69) is 22.4 Å². The molecule has 0 aliphatic rings. The average Bonchev–Trinajstić information content (AvgIpc) is 2.57. The molecule has 2 N–H and O–H groups in total. The summed E-state index contributed by atoms with van der Waals surface area (Å²) in [4.78, 5) is 4.68. The Morgan fingerprint density at radius 1 is 1.47 bits per heavy atom. The predicted molar refractivity (Wildman–Crippen MR) is 61.6 cm³/mol. The number of aryl methyl sites for hydroxylation is 1. The summed E-state index contributed by atoms with van der Waals surface area (Å²) < 4.78 is 2.12. The summed E-state index contributed by atoms with van der Waals surface area (Å²) in [7, 11) is 0. The summed E-state index contributed by atoms with van der Waals surface area (Å²) in [5.41, 5.74) is 2.09. The van der Waals surface area contributed by atoms with Crippen molar-refractivity contribution < 1.29 is 4.84 Å². The monoisotopic (exact) mass is 224 g/mol. The lowest BCUT2D eigenvalue weighted by Crippen LogP contribution is -2.05. The molecule has 0 saturated carbocycles. The molecule has 3 nitrogen and oxygen atoms in total. The van der Waals surface area contributed by atoms with E-state index in [0.717, 1.165) is 28.2 Å². The first-order chi connectivity index (χ1) is 7.27. The van der Waals surface area contributed by atoms with Gasteiger partial charge in [-0.1, -0.05) is 23.7 Å². The third kappa shape index (κ3) is 1.74. The van der Waals surface area contributed by atoms with Crippen LogP contribution in [0, 0.1) is 0 Å². The number of hydrogen-bond acceptors (Lipinski definition) is 2. The Hall–Kier alpha value is -1.03. The van der Waals surface area contributed by atoms with Crippen molar-refractivity contribution in [2.24, 2.45) is 5.90 Å². The van der Waals surface area contributed by atoms with Crippen molar-refractivity contribution in [1.29, 1.82) is 0 Å². The van der Waals surface area contributed by atoms with Crippen molar-refractivity contribution >= 4 is 22.5 Å². The van der Waals surface area contributed by atoms with Gasteiger partial charge in [0.1, 0.15) is 6.61 Å². The molecule has 0 spiro atoms. The van der Waals surface area contributed by atoms with Gasteiger partial charge in [-0.05, 0) is 19.1 Å². The second kappa shape index (κ2) is 4.23. The van der Waals surface area contributed by atoms with Crippen LogP contribution in [0.2, 0.25) is 5.02 Å². The fraction of sp³-hybridized carbons (Fsp3) is 0.273. The number of nitrogens with zero attached hydrogens (tertiary/aromatic N) is 1. The minimum absolute atomic E-state index is 0.402. The van der Waals surface area contributed by atoms with Crippen LogP contribution in [0.15, 0.2) is 24.3 Å². The Morgan fingerprint density at radius 3 is 2.93 bits per heavy atom. The van der Waals surface area contributed by atoms with Crippen LogP contribution < -0.4 is 5.90 Å². The van der Waals surface area contributed by atoms with Gasteiger partial charge < -0.3 is 4.57 Å². The van der Waals surface area contributed by atoms with Crippen molar-refractivity contribution in [3.8, 4) is 0 Å². The first-order valence-electron chi connectivity index (χ1n) is 4.86. The zero-order chi connectivity index (χ0) is 10.8. The summed E-state index contributed by atoms with van der Waals surface area (Å²) in [5, 5.41) is 1.88. The quantitative estimate of drug-likeness (QED) is 0.815. The molecule has 4 heteroatoms. The minimum Gasteiger partial charge on any atom is -0.341 e. The van der Waals surface area contributed by atoms with Gasteiger partial charge in [0.2, 0.25) is 0 Å². The second-order valence-electron chi connectivity index (χ2n) is 3.37. The van der Waals surface area contributed by atoms with Gasteiger partial charge in [0, 0.05) is 17.6 Å². The van der Waals surface area contributed by atoms with Gasteiger partial charge in [-0.3, -0.25) is 4.84 Å². The molecule has 1 heterocycles. The highest BCUT2D eigenvalue weighted by molar-refractivity contribution is 6.35. The Balaban J connectivity index is 2.68. The maximum absolute atomic E-state index is 6.16. The van der Waals surface area contributed by atoms with Gasteiger partial charge in [-0.25, -0.2) is 5.90 Å². The standard InChI is InChI=1S/C11H13ClN2O/c1-2-14-9(7-15-13)6-8-4-3-5-10(12)11(8)14/h3-6H,2,7,13H2,1H3. The van der Waals surface area contributed by atoms with E-state index >= 15 is 0 Å². The molecule has 15 heavy (non-hydrogen) atoms. The number of benzene rings is 1. The third-order valence-electron chi connectivity index (χ3n) is 2.50. The molecule has 0 unspecified atom stereocenters. The topological polar surface area (TPSA) is 40.2 Å². The van der Waals surface area contributed by atoms with E-state index in [9.17, 15) is 0 Å². The van der Waals surface area contributed by atoms with Crippen molar-refractivity contribution in [3.63, 3.8) is 0 Å². The lowest BCUT2D eigenvalue weighted by Gasteiger charge is -2.07. The molecule has 80 valence electrons. The Bertz CT molecular complexity index is 479. The van der Waals surface area contributed by atoms with Crippen LogP contribution in [-0.4, -0.2) is 4.57 Å². The lowest BCUT2D eigenvalue weighted by molar-refractivity contribution is 0.119. The van der Waals surface area contributed by atoms with Crippen molar-refractivity contribution in [3.05, 3.63) is 35.0 Å². The number of aromatic nitrogens is 1. The number of nitrogens with two attached hydrogens (primary N) is 1. The fourth-order valence-corrected chi connectivity index (χ4v) is 2.18. The number of fused-ring (bicyclic) bond motifs is 1. The molecular weight excluding hydrogens is 212 g/mol. The number of hydrogen-bond donors (Lipinski definition) is 1. The van der Waals surface area contributed by atoms with E-state index in [1.165, 1.54) is 0 Å². The van der Waals surface area contributed by atoms with Crippen LogP contribution in [-0.2, 0) is 18.0 Å². The normalized spacial score (nSPS) is 11.1. The number of para-hydroxylation sites is 1. The molecule has 1 aromatic heterocycles. The Morgan fingerprint density at radius 2 is 2.27 bits per heavy atom. The molecule has 0 amide bonds. The minimum atomic E-state index is 0.402. The summed E-state index contributed by atoms with van der Waals surface area (Å²) >= 11 is 6.16. The first kappa shape index (κ1) is 10.5. The van der Waals surface area contributed by atoms with Gasteiger partial charge in [-0.2, -0.15) is 0 Å². The van der Waals surface area contributed by atoms with Gasteiger partial charge in [0.25, 0.3) is 0 Å². The first-order valence-corrected chi connectivity index (χ1v) is 5.24. The summed E-state index contributed by atoms with van der Waals surface area (Å²) in [6.07, 6.45) is 0. The van der Waals surface area contributed by atoms with E-state index in [1.54, 1.807) is 0 Å². The van der Waals surface area contributed by atoms with Gasteiger partial charge in [0.15, 0.2) is 0 Å². The zero-order valence-electron chi connectivity index (χ0n) is 8.53. The highest BCUT2D eigenvalue weighted by Gasteiger charge is 2.09. The summed E-state index contributed by atoms with van der Waals surface area (Å²) in [6, 6.07) is 7.92. The summed E-state index contributed by atoms with van der Waals surface area (Å²) in [6.45, 7) is 3.33. The largest absolute Gasteiger partial charge is 0.341 e. The van der Waals surface area contributed by atoms with E-state index in [1.807, 2.05) is 18.2 Å². The molecular formula is C11H13ClN2O. The molecule has 2 rings (SSSR count). The van der Waals surface area contributed by atoms with Crippen LogP contribution >= 0.6 is 11.6 Å². The zero-order valence-corrected chi connectivity index (χ0v) is 9.29. The predicted octanol–water partition coefficient (Wildman–Crippen LogP) is 2.70. The maximum Gasteiger partial charge on any atom is 0.108 e. The SMILES string of the molecule is CCn1c(CON)cc2cccc(Cl)c21. The molecule has 0 bridgehead atoms. The molecule has 0 aliphatic carbocycles. The van der Waals surface area contributed by atoms with E-state index < -0.39 is 0 Å². The van der Waals surface area contributed by atoms with Gasteiger partial charge in [-0.15, -0.1) is 0 Å². The van der Waals surface area contributed by atoms with Gasteiger partial charge >= 0.3 is 0 Å². The molecule has 0 saturated heterocycles. The van der Waals surface area contributed by atoms with Crippen LogP contribution in [0.3, 0.4) is 0 Å². The van der Waals surface area contributed by atoms with Crippen LogP contribution in [0.1, 0.15) is 12.6 Å². The molecule has 1 aromatic carbocycles. The van der Waals surface area contributed by atoms with Gasteiger partial charge in [0.05, 0.1) is 10.5 Å². The lowest BCUT2D eigenvalue weighted by atomic mass is 10.2. The molecule has 0 aliphatic heterocycles. The highest BCUT2D eigenvalue weighted by Crippen LogP contribution is 2.27. The van der Waals surface area contributed by atoms with Crippen molar-refractivity contribution in [1.82, 2.24) is 4.57 Å². The highest BCUT2D eigenvalue weighted by atomic mass is 35.5. The molecule has 0 atom stereocenters. The van der Waals surface area contributed by atoms with Crippen LogP contribution in [0.25, 0.3) is 10.9 Å². The van der Waals surface area contributed by atoms with E-state index in [4.69, 9.17) is 17.5 Å². The van der Waals surface area contributed by atoms with Crippen molar-refractivity contribution in [2.75, 3.05) is 0 Å². The van der Waals surface area contributed by atoms with Crippen LogP contribution in [0.5, 0.6) is 0 Å². The Labute approximate surface area is 93.3 Å². The summed E-state index contributed by atoms with van der Waals surface area (Å²) in [5.74, 6) is 5.10. The van der Waals surface area contributed by atoms with E-state index in [-0.39, 0.29) is 0 Å². The smallest absolute Gasteiger partial charge is 0.108 e. The Kier molecular flexibility index (Phi) is 2.95. The molecule has 2 aromatic rings. The van der Waals surface area contributed by atoms with E-state index in [0.29, 0.717) is 6.61 Å². The molecule has 0 radical (unpaired) electrons. The average molecular weight is 225 g/mol. The molecule has 0 fully saturated rings. The second-order valence-corrected chi connectivity index (χ2v) is 3.78. The van der Waals surface area contributed by atoms with Crippen molar-refractivity contribution in [2.45, 2.75) is 20.1 Å². The number of halogens is 1. The fourth-order valence-electron chi connectivity index (χ4n) is 1.90. The maximum atomic E-state index is 6.16. The van der Waals surface area contributed by atoms with Crippen LogP contribution in [0.4, 0.5) is 0 Å². The number of rotatable bonds is 3. The third-order valence-corrected chi connectivity index (χ3v) is 2.81.